The summed E-state index contributed by atoms with van der Waals surface area (Å²) in [7, 11) is 0. The molecule has 0 aliphatic carbocycles. The third kappa shape index (κ3) is 1.59. The molecule has 0 saturated carbocycles. The van der Waals surface area contributed by atoms with Gasteiger partial charge >= 0.3 is 5.69 Å². The van der Waals surface area contributed by atoms with Gasteiger partial charge in [-0.05, 0) is 12.5 Å². The van der Waals surface area contributed by atoms with Gasteiger partial charge in [-0.3, -0.25) is 14.8 Å². The number of aromatic amines is 3. The Bertz CT molecular complexity index is 667. The standard InChI is InChI=1S/C10H13N5O2/c1-4-2-11-3-5(4)7-12-6-8(13-7)14-10(17)15-9(6)16/h4-5,11H,2-3H2,1H3,(H3,12,13,14,15,16,17). The zero-order chi connectivity index (χ0) is 12.0. The maximum Gasteiger partial charge on any atom is 0.327 e. The van der Waals surface area contributed by atoms with Crippen molar-refractivity contribution in [3.63, 3.8) is 0 Å². The molecule has 2 unspecified atom stereocenters. The first-order valence-electron chi connectivity index (χ1n) is 5.58. The third-order valence-corrected chi connectivity index (χ3v) is 3.28. The summed E-state index contributed by atoms with van der Waals surface area (Å²) in [6, 6.07) is 0. The van der Waals surface area contributed by atoms with Crippen molar-refractivity contribution < 1.29 is 0 Å². The SMILES string of the molecule is CC1CNCC1c1nc2[nH]c(=O)[nH]c(=O)c2[nH]1. The Morgan fingerprint density at radius 1 is 1.18 bits per heavy atom. The zero-order valence-corrected chi connectivity index (χ0v) is 9.33. The van der Waals surface area contributed by atoms with E-state index in [1.807, 2.05) is 0 Å². The first-order valence-corrected chi connectivity index (χ1v) is 5.58. The maximum atomic E-state index is 11.5. The van der Waals surface area contributed by atoms with Crippen molar-refractivity contribution in [2.75, 3.05) is 13.1 Å². The van der Waals surface area contributed by atoms with Crippen LogP contribution in [0.1, 0.15) is 18.7 Å². The van der Waals surface area contributed by atoms with Crippen molar-refractivity contribution in [1.82, 2.24) is 25.3 Å². The largest absolute Gasteiger partial charge is 0.336 e. The molecular formula is C10H13N5O2. The number of imidazole rings is 1. The van der Waals surface area contributed by atoms with Crippen LogP contribution >= 0.6 is 0 Å². The number of hydrogen-bond donors (Lipinski definition) is 4. The highest BCUT2D eigenvalue weighted by molar-refractivity contribution is 5.68. The zero-order valence-electron chi connectivity index (χ0n) is 9.33. The van der Waals surface area contributed by atoms with Gasteiger partial charge in [0.1, 0.15) is 11.3 Å². The van der Waals surface area contributed by atoms with Gasteiger partial charge in [0.15, 0.2) is 5.65 Å². The van der Waals surface area contributed by atoms with E-state index in [1.165, 1.54) is 0 Å². The van der Waals surface area contributed by atoms with Crippen LogP contribution in [0.3, 0.4) is 0 Å². The molecule has 1 fully saturated rings. The predicted molar refractivity (Wildman–Crippen MR) is 62.1 cm³/mol. The van der Waals surface area contributed by atoms with E-state index in [-0.39, 0.29) is 5.92 Å². The second-order valence-electron chi connectivity index (χ2n) is 4.50. The summed E-state index contributed by atoms with van der Waals surface area (Å²) in [5.74, 6) is 1.47. The van der Waals surface area contributed by atoms with Crippen molar-refractivity contribution in [2.45, 2.75) is 12.8 Å². The highest BCUT2D eigenvalue weighted by Crippen LogP contribution is 2.25. The number of nitrogens with zero attached hydrogens (tertiary/aromatic N) is 1. The van der Waals surface area contributed by atoms with Gasteiger partial charge in [0.25, 0.3) is 5.56 Å². The van der Waals surface area contributed by atoms with E-state index in [2.05, 4.69) is 32.2 Å². The Labute approximate surface area is 95.7 Å². The van der Waals surface area contributed by atoms with E-state index in [4.69, 9.17) is 0 Å². The fraction of sp³-hybridized carbons (Fsp3) is 0.500. The van der Waals surface area contributed by atoms with Gasteiger partial charge in [-0.1, -0.05) is 6.92 Å². The molecule has 0 radical (unpaired) electrons. The highest BCUT2D eigenvalue weighted by atomic mass is 16.2. The molecule has 1 aliphatic rings. The molecule has 3 rings (SSSR count). The monoisotopic (exact) mass is 235 g/mol. The molecule has 1 saturated heterocycles. The van der Waals surface area contributed by atoms with E-state index in [1.54, 1.807) is 0 Å². The minimum absolute atomic E-state index is 0.255. The fourth-order valence-electron chi connectivity index (χ4n) is 2.30. The molecule has 7 heteroatoms. The smallest absolute Gasteiger partial charge is 0.327 e. The highest BCUT2D eigenvalue weighted by Gasteiger charge is 2.27. The average Bonchev–Trinajstić information content (AvgIpc) is 2.83. The third-order valence-electron chi connectivity index (χ3n) is 3.28. The molecule has 4 N–H and O–H groups in total. The molecule has 1 aliphatic heterocycles. The lowest BCUT2D eigenvalue weighted by molar-refractivity contribution is 0.551. The van der Waals surface area contributed by atoms with E-state index >= 15 is 0 Å². The van der Waals surface area contributed by atoms with Crippen LogP contribution in [0.4, 0.5) is 0 Å². The van der Waals surface area contributed by atoms with Crippen LogP contribution < -0.4 is 16.6 Å². The van der Waals surface area contributed by atoms with Gasteiger partial charge in [-0.2, -0.15) is 0 Å². The number of rotatable bonds is 1. The van der Waals surface area contributed by atoms with Crippen LogP contribution in [0, 0.1) is 5.92 Å². The summed E-state index contributed by atoms with van der Waals surface area (Å²) in [5.41, 5.74) is -0.300. The summed E-state index contributed by atoms with van der Waals surface area (Å²) >= 11 is 0. The van der Waals surface area contributed by atoms with E-state index < -0.39 is 11.2 Å². The predicted octanol–water partition coefficient (Wildman–Crippen LogP) is -0.738. The maximum absolute atomic E-state index is 11.5. The van der Waals surface area contributed by atoms with Gasteiger partial charge in [0.05, 0.1) is 0 Å². The molecule has 2 aromatic rings. The van der Waals surface area contributed by atoms with Crippen molar-refractivity contribution in [3.05, 3.63) is 26.7 Å². The van der Waals surface area contributed by atoms with Crippen molar-refractivity contribution in [1.29, 1.82) is 0 Å². The molecule has 90 valence electrons. The number of fused-ring (bicyclic) bond motifs is 1. The second-order valence-corrected chi connectivity index (χ2v) is 4.50. The normalized spacial score (nSPS) is 24.5. The molecule has 0 bridgehead atoms. The number of hydrogen-bond acceptors (Lipinski definition) is 4. The summed E-state index contributed by atoms with van der Waals surface area (Å²) in [4.78, 5) is 34.7. The Kier molecular flexibility index (Phi) is 2.15. The van der Waals surface area contributed by atoms with Crippen molar-refractivity contribution in [2.24, 2.45) is 5.92 Å². The lowest BCUT2D eigenvalue weighted by Gasteiger charge is -2.09. The Balaban J connectivity index is 2.16. The number of H-pyrrole nitrogens is 3. The quantitative estimate of drug-likeness (QED) is 0.522. The van der Waals surface area contributed by atoms with E-state index in [0.717, 1.165) is 18.9 Å². The van der Waals surface area contributed by atoms with Crippen LogP contribution in [0.2, 0.25) is 0 Å². The Morgan fingerprint density at radius 2 is 2.00 bits per heavy atom. The van der Waals surface area contributed by atoms with Crippen LogP contribution in [0.15, 0.2) is 9.59 Å². The average molecular weight is 235 g/mol. The molecular weight excluding hydrogens is 222 g/mol. The molecule has 3 heterocycles. The van der Waals surface area contributed by atoms with Gasteiger partial charge in [-0.15, -0.1) is 0 Å². The Hall–Kier alpha value is -1.89. The van der Waals surface area contributed by atoms with Gasteiger partial charge < -0.3 is 10.3 Å². The second kappa shape index (κ2) is 3.56. The van der Waals surface area contributed by atoms with Gasteiger partial charge in [0.2, 0.25) is 0 Å². The minimum Gasteiger partial charge on any atom is -0.336 e. The van der Waals surface area contributed by atoms with Gasteiger partial charge in [0, 0.05) is 12.5 Å². The van der Waals surface area contributed by atoms with Crippen LogP contribution in [-0.4, -0.2) is 33.0 Å². The van der Waals surface area contributed by atoms with Crippen LogP contribution in [0.5, 0.6) is 0 Å². The molecule has 0 spiro atoms. The number of aromatic nitrogens is 4. The summed E-state index contributed by atoms with van der Waals surface area (Å²) in [6.07, 6.45) is 0. The molecule has 2 atom stereocenters. The first kappa shape index (κ1) is 10.3. The summed E-state index contributed by atoms with van der Waals surface area (Å²) < 4.78 is 0. The lowest BCUT2D eigenvalue weighted by Crippen LogP contribution is -2.21. The van der Waals surface area contributed by atoms with Crippen LogP contribution in [-0.2, 0) is 0 Å². The molecule has 2 aromatic heterocycles. The molecule has 17 heavy (non-hydrogen) atoms. The Morgan fingerprint density at radius 3 is 2.71 bits per heavy atom. The molecule has 7 nitrogen and oxygen atoms in total. The topological polar surface area (TPSA) is 106 Å². The van der Waals surface area contributed by atoms with Crippen molar-refractivity contribution in [3.8, 4) is 0 Å². The van der Waals surface area contributed by atoms with Crippen LogP contribution in [0.25, 0.3) is 11.2 Å². The summed E-state index contributed by atoms with van der Waals surface area (Å²) in [5, 5.41) is 3.27. The van der Waals surface area contributed by atoms with E-state index in [0.29, 0.717) is 17.1 Å². The lowest BCUT2D eigenvalue weighted by atomic mass is 9.98. The number of nitrogens with one attached hydrogen (secondary N) is 4. The molecule has 0 amide bonds. The van der Waals surface area contributed by atoms with Gasteiger partial charge in [-0.25, -0.2) is 9.78 Å². The fourth-order valence-corrected chi connectivity index (χ4v) is 2.30. The first-order chi connectivity index (χ1) is 8.15. The minimum atomic E-state index is -0.529. The molecule has 0 aromatic carbocycles. The van der Waals surface area contributed by atoms with E-state index in [9.17, 15) is 9.59 Å². The summed E-state index contributed by atoms with van der Waals surface area (Å²) in [6.45, 7) is 3.91. The van der Waals surface area contributed by atoms with Crippen molar-refractivity contribution >= 4 is 11.2 Å².